The number of carbonyl (C=O) groups excluding carboxylic acids is 2. The van der Waals surface area contributed by atoms with Crippen LogP contribution in [0.1, 0.15) is 54.7 Å². The van der Waals surface area contributed by atoms with E-state index in [2.05, 4.69) is 10.2 Å². The third-order valence-electron chi connectivity index (χ3n) is 8.32. The van der Waals surface area contributed by atoms with Gasteiger partial charge in [0.05, 0.1) is 29.5 Å². The number of thiophene rings is 1. The predicted molar refractivity (Wildman–Crippen MR) is 187 cm³/mol. The number of aromatic nitrogens is 1. The second-order valence-corrected chi connectivity index (χ2v) is 14.0. The number of aliphatic hydroxyl groups is 1. The van der Waals surface area contributed by atoms with Crippen molar-refractivity contribution < 1.29 is 23.5 Å². The number of hydrogen-bond acceptors (Lipinski definition) is 6. The first-order valence-corrected chi connectivity index (χ1v) is 16.5. The first-order valence-electron chi connectivity index (χ1n) is 15.7. The van der Waals surface area contributed by atoms with E-state index >= 15 is 0 Å². The highest BCUT2D eigenvalue weighted by Crippen LogP contribution is 2.39. The average Bonchev–Trinajstić information content (AvgIpc) is 3.43. The van der Waals surface area contributed by atoms with Gasteiger partial charge in [0.2, 0.25) is 11.3 Å². The normalized spacial score (nSPS) is 11.9. The van der Waals surface area contributed by atoms with Gasteiger partial charge in [-0.2, -0.15) is 0 Å². The first kappa shape index (κ1) is 34.8. The molecular formula is C38H39F2N3O4S. The number of fused-ring (bicyclic) bond motifs is 1. The SMILES string of the molecule is CC(C)C(=O)c1cn(Cc2c(F)cccc2F)c2sc(-c3ccc(NC(=O)C(C)(C)CO)cc3)c(CN(C)Cc3ccccc3)c2c1=O. The minimum absolute atomic E-state index is 0.0323. The zero-order chi connectivity index (χ0) is 34.7. The van der Waals surface area contributed by atoms with E-state index in [0.29, 0.717) is 34.6 Å². The molecule has 0 unspecified atom stereocenters. The van der Waals surface area contributed by atoms with Gasteiger partial charge in [0, 0.05) is 41.3 Å². The van der Waals surface area contributed by atoms with Crippen molar-refractivity contribution in [3.63, 3.8) is 0 Å². The number of ketones is 1. The standard InChI is InChI=1S/C38H39F2N3O4S/c1-23(2)33(45)29-21-43(20-27-30(39)12-9-13-31(27)40)36-32(34(29)46)28(19-42(5)18-24-10-7-6-8-11-24)35(48-36)25-14-16-26(17-15-25)41-37(47)38(3,4)22-44/h6-17,21,23,44H,18-20,22H2,1-5H3,(H,41,47). The Kier molecular flexibility index (Phi) is 10.4. The largest absolute Gasteiger partial charge is 0.395 e. The molecule has 1 amide bonds. The molecule has 0 aliphatic heterocycles. The lowest BCUT2D eigenvalue weighted by atomic mass is 9.93. The number of pyridine rings is 1. The van der Waals surface area contributed by atoms with E-state index < -0.39 is 28.4 Å². The molecule has 0 aliphatic rings. The van der Waals surface area contributed by atoms with Gasteiger partial charge in [0.25, 0.3) is 0 Å². The Bertz CT molecular complexity index is 2000. The fraction of sp³-hybridized carbons (Fsp3) is 0.289. The van der Waals surface area contributed by atoms with E-state index in [4.69, 9.17) is 0 Å². The summed E-state index contributed by atoms with van der Waals surface area (Å²) in [6.07, 6.45) is 1.43. The first-order chi connectivity index (χ1) is 22.8. The summed E-state index contributed by atoms with van der Waals surface area (Å²) < 4.78 is 31.5. The van der Waals surface area contributed by atoms with Gasteiger partial charge in [-0.15, -0.1) is 11.3 Å². The summed E-state index contributed by atoms with van der Waals surface area (Å²) in [4.78, 5) is 43.6. The van der Waals surface area contributed by atoms with Crippen LogP contribution in [0, 0.1) is 23.0 Å². The van der Waals surface area contributed by atoms with Gasteiger partial charge in [-0.1, -0.05) is 62.4 Å². The molecule has 0 saturated carbocycles. The van der Waals surface area contributed by atoms with Gasteiger partial charge in [-0.05, 0) is 61.9 Å². The minimum Gasteiger partial charge on any atom is -0.395 e. The maximum atomic E-state index is 14.9. The van der Waals surface area contributed by atoms with Crippen LogP contribution in [0.4, 0.5) is 14.5 Å². The van der Waals surface area contributed by atoms with E-state index in [0.717, 1.165) is 16.0 Å². The lowest BCUT2D eigenvalue weighted by Crippen LogP contribution is -2.33. The maximum Gasteiger partial charge on any atom is 0.232 e. The van der Waals surface area contributed by atoms with Gasteiger partial charge >= 0.3 is 0 Å². The Morgan fingerprint density at radius 1 is 0.938 bits per heavy atom. The number of benzene rings is 3. The third-order valence-corrected chi connectivity index (χ3v) is 9.64. The molecule has 48 heavy (non-hydrogen) atoms. The highest BCUT2D eigenvalue weighted by molar-refractivity contribution is 7.22. The molecule has 7 nitrogen and oxygen atoms in total. The number of halogens is 2. The molecule has 10 heteroatoms. The average molecular weight is 672 g/mol. The number of Topliss-reactive ketones (excluding diaryl/α,β-unsaturated/α-hetero) is 1. The van der Waals surface area contributed by atoms with Crippen LogP contribution in [0.5, 0.6) is 0 Å². The summed E-state index contributed by atoms with van der Waals surface area (Å²) in [7, 11) is 1.94. The Morgan fingerprint density at radius 2 is 1.58 bits per heavy atom. The summed E-state index contributed by atoms with van der Waals surface area (Å²) in [5.41, 5.74) is 1.47. The van der Waals surface area contributed by atoms with Crippen LogP contribution < -0.4 is 10.7 Å². The van der Waals surface area contributed by atoms with Crippen molar-refractivity contribution in [3.05, 3.63) is 123 Å². The quantitative estimate of drug-likeness (QED) is 0.134. The fourth-order valence-electron chi connectivity index (χ4n) is 5.44. The molecule has 2 heterocycles. The molecule has 0 atom stereocenters. The molecule has 0 fully saturated rings. The Hall–Kier alpha value is -4.51. The van der Waals surface area contributed by atoms with Crippen LogP contribution in [-0.2, 0) is 24.4 Å². The monoisotopic (exact) mass is 671 g/mol. The molecule has 0 radical (unpaired) electrons. The van der Waals surface area contributed by atoms with Crippen LogP contribution in [0.25, 0.3) is 20.7 Å². The zero-order valence-corrected chi connectivity index (χ0v) is 28.5. The molecule has 2 N–H and O–H groups in total. The molecule has 2 aromatic heterocycles. The molecule has 0 bridgehead atoms. The second kappa shape index (κ2) is 14.3. The summed E-state index contributed by atoms with van der Waals surface area (Å²) in [5, 5.41) is 12.8. The summed E-state index contributed by atoms with van der Waals surface area (Å²) in [5.74, 6) is -2.61. The third kappa shape index (κ3) is 7.31. The van der Waals surface area contributed by atoms with Crippen LogP contribution in [0.3, 0.4) is 0 Å². The predicted octanol–water partition coefficient (Wildman–Crippen LogP) is 7.48. The van der Waals surface area contributed by atoms with Crippen molar-refractivity contribution in [1.29, 1.82) is 0 Å². The van der Waals surface area contributed by atoms with Crippen molar-refractivity contribution in [3.8, 4) is 10.4 Å². The van der Waals surface area contributed by atoms with Crippen LogP contribution >= 0.6 is 11.3 Å². The van der Waals surface area contributed by atoms with E-state index in [1.54, 1.807) is 44.4 Å². The van der Waals surface area contributed by atoms with Crippen molar-refractivity contribution in [2.45, 2.75) is 47.3 Å². The Morgan fingerprint density at radius 3 is 2.19 bits per heavy atom. The smallest absolute Gasteiger partial charge is 0.232 e. The molecule has 3 aromatic carbocycles. The van der Waals surface area contributed by atoms with Gasteiger partial charge in [-0.25, -0.2) is 8.78 Å². The van der Waals surface area contributed by atoms with Gasteiger partial charge < -0.3 is 15.0 Å². The number of carbonyl (C=O) groups is 2. The molecular weight excluding hydrogens is 632 g/mol. The van der Waals surface area contributed by atoms with Gasteiger partial charge in [0.15, 0.2) is 5.78 Å². The number of anilines is 1. The zero-order valence-electron chi connectivity index (χ0n) is 27.6. The highest BCUT2D eigenvalue weighted by atomic mass is 32.1. The molecule has 0 aliphatic carbocycles. The lowest BCUT2D eigenvalue weighted by molar-refractivity contribution is -0.125. The Labute approximate surface area is 282 Å². The van der Waals surface area contributed by atoms with Crippen molar-refractivity contribution in [2.24, 2.45) is 11.3 Å². The number of nitrogens with zero attached hydrogens (tertiary/aromatic N) is 2. The number of nitrogens with one attached hydrogen (secondary N) is 1. The molecule has 250 valence electrons. The maximum absolute atomic E-state index is 14.9. The number of rotatable bonds is 12. The summed E-state index contributed by atoms with van der Waals surface area (Å²) in [6.45, 7) is 7.11. The second-order valence-electron chi connectivity index (χ2n) is 13.0. The molecule has 5 rings (SSSR count). The van der Waals surface area contributed by atoms with E-state index in [9.17, 15) is 28.3 Å². The van der Waals surface area contributed by atoms with Crippen molar-refractivity contribution in [1.82, 2.24) is 9.47 Å². The Balaban J connectivity index is 1.70. The molecule has 0 saturated heterocycles. The van der Waals surface area contributed by atoms with E-state index in [-0.39, 0.29) is 36.0 Å². The minimum atomic E-state index is -0.971. The van der Waals surface area contributed by atoms with E-state index in [1.807, 2.05) is 49.5 Å². The van der Waals surface area contributed by atoms with Crippen molar-refractivity contribution >= 4 is 38.9 Å². The van der Waals surface area contributed by atoms with Gasteiger partial charge in [0.1, 0.15) is 16.5 Å². The van der Waals surface area contributed by atoms with Gasteiger partial charge in [-0.3, -0.25) is 19.3 Å². The number of amides is 1. The lowest BCUT2D eigenvalue weighted by Gasteiger charge is -2.20. The van der Waals surface area contributed by atoms with E-state index in [1.165, 1.54) is 35.7 Å². The number of aliphatic hydroxyl groups excluding tert-OH is 1. The number of hydrogen-bond donors (Lipinski definition) is 2. The van der Waals surface area contributed by atoms with Crippen molar-refractivity contribution in [2.75, 3.05) is 19.0 Å². The highest BCUT2D eigenvalue weighted by Gasteiger charge is 2.28. The van der Waals surface area contributed by atoms with Crippen LogP contribution in [-0.4, -0.2) is 39.9 Å². The van der Waals surface area contributed by atoms with Crippen LogP contribution in [0.15, 0.2) is 83.8 Å². The molecule has 0 spiro atoms. The summed E-state index contributed by atoms with van der Waals surface area (Å²) >= 11 is 1.31. The topological polar surface area (TPSA) is 91.6 Å². The molecule has 5 aromatic rings. The fourth-order valence-corrected chi connectivity index (χ4v) is 6.73. The van der Waals surface area contributed by atoms with Crippen LogP contribution in [0.2, 0.25) is 0 Å². The summed E-state index contributed by atoms with van der Waals surface area (Å²) in [6, 6.07) is 20.7.